The van der Waals surface area contributed by atoms with Gasteiger partial charge in [0.2, 0.25) is 5.71 Å². The maximum absolute atomic E-state index is 11.8. The third-order valence-electron chi connectivity index (χ3n) is 5.22. The number of hydrogen-bond acceptors (Lipinski definition) is 6. The molecule has 3 aromatic carbocycles. The van der Waals surface area contributed by atoms with Gasteiger partial charge in [-0.15, -0.1) is 11.3 Å². The van der Waals surface area contributed by atoms with E-state index in [9.17, 15) is 9.90 Å². The molecule has 0 atom stereocenters. The van der Waals surface area contributed by atoms with Crippen LogP contribution in [0.3, 0.4) is 0 Å². The number of rotatable bonds is 9. The number of nitrogens with one attached hydrogen (secondary N) is 1. The van der Waals surface area contributed by atoms with E-state index in [2.05, 4.69) is 51.9 Å². The molecule has 0 saturated carbocycles. The maximum atomic E-state index is 11.8. The lowest BCUT2D eigenvalue weighted by Gasteiger charge is -2.36. The van der Waals surface area contributed by atoms with E-state index in [1.165, 1.54) is 11.3 Å². The number of benzene rings is 3. The number of aromatic nitrogens is 1. The van der Waals surface area contributed by atoms with Crippen molar-refractivity contribution in [2.45, 2.75) is 25.5 Å². The van der Waals surface area contributed by atoms with Gasteiger partial charge in [0.15, 0.2) is 5.13 Å². The van der Waals surface area contributed by atoms with E-state index in [4.69, 9.17) is 4.84 Å². The van der Waals surface area contributed by atoms with Gasteiger partial charge in [-0.2, -0.15) is 0 Å². The minimum atomic E-state index is -1.20. The van der Waals surface area contributed by atoms with E-state index >= 15 is 0 Å². The molecule has 2 N–H and O–H groups in total. The highest BCUT2D eigenvalue weighted by molar-refractivity contribution is 7.14. The van der Waals surface area contributed by atoms with E-state index in [1.807, 2.05) is 54.6 Å². The fourth-order valence-corrected chi connectivity index (χ4v) is 4.49. The summed E-state index contributed by atoms with van der Waals surface area (Å²) in [6, 6.07) is 30.4. The standard InChI is InChI=1S/C27H25N3O3S/c1-19(2)33-30-24(25(31)32)23-18-34-26(28-23)29-27(20-12-6-3-7-13-20,21-14-8-4-9-15-21)22-16-10-5-11-17-22/h3-19H,1-2H3,(H,28,29)(H,31,32). The van der Waals surface area contributed by atoms with Crippen molar-refractivity contribution >= 4 is 28.1 Å². The smallest absolute Gasteiger partial charge is 0.360 e. The molecule has 0 aliphatic carbocycles. The predicted molar refractivity (Wildman–Crippen MR) is 135 cm³/mol. The van der Waals surface area contributed by atoms with Crippen LogP contribution in [-0.2, 0) is 15.2 Å². The van der Waals surface area contributed by atoms with Gasteiger partial charge in [0.25, 0.3) is 0 Å². The first kappa shape index (κ1) is 23.2. The zero-order valence-corrected chi connectivity index (χ0v) is 19.7. The Balaban J connectivity index is 1.85. The van der Waals surface area contributed by atoms with Gasteiger partial charge in [0, 0.05) is 5.38 Å². The van der Waals surface area contributed by atoms with Crippen LogP contribution in [0.5, 0.6) is 0 Å². The highest BCUT2D eigenvalue weighted by atomic mass is 32.1. The van der Waals surface area contributed by atoms with Crippen molar-refractivity contribution < 1.29 is 14.7 Å². The largest absolute Gasteiger partial charge is 0.476 e. The number of aliphatic carboxylic acids is 1. The minimum Gasteiger partial charge on any atom is -0.476 e. The average molecular weight is 472 g/mol. The third kappa shape index (κ3) is 4.84. The summed E-state index contributed by atoms with van der Waals surface area (Å²) in [5.74, 6) is -1.20. The second-order valence-electron chi connectivity index (χ2n) is 7.91. The topological polar surface area (TPSA) is 83.8 Å². The number of carboxylic acid groups (broad SMARTS) is 1. The summed E-state index contributed by atoms with van der Waals surface area (Å²) in [4.78, 5) is 21.6. The van der Waals surface area contributed by atoms with Crippen molar-refractivity contribution in [1.82, 2.24) is 4.98 Å². The van der Waals surface area contributed by atoms with E-state index in [0.29, 0.717) is 5.13 Å². The molecule has 7 heteroatoms. The molecule has 1 aromatic heterocycles. The molecule has 34 heavy (non-hydrogen) atoms. The van der Waals surface area contributed by atoms with Crippen LogP contribution in [0.15, 0.2) is 102 Å². The minimum absolute atomic E-state index is 0.234. The van der Waals surface area contributed by atoms with Crippen molar-refractivity contribution in [3.05, 3.63) is 119 Å². The lowest BCUT2D eigenvalue weighted by Crippen LogP contribution is -2.38. The molecule has 6 nitrogen and oxygen atoms in total. The summed E-state index contributed by atoms with van der Waals surface area (Å²) in [6.07, 6.45) is -0.243. The summed E-state index contributed by atoms with van der Waals surface area (Å²) < 4.78 is 0. The highest BCUT2D eigenvalue weighted by Crippen LogP contribution is 2.40. The van der Waals surface area contributed by atoms with Crippen LogP contribution in [0.25, 0.3) is 0 Å². The van der Waals surface area contributed by atoms with Gasteiger partial charge >= 0.3 is 5.97 Å². The lowest BCUT2D eigenvalue weighted by atomic mass is 9.77. The summed E-state index contributed by atoms with van der Waals surface area (Å²) in [5.41, 5.74) is 2.33. The van der Waals surface area contributed by atoms with Crippen LogP contribution in [0, 0.1) is 0 Å². The zero-order valence-electron chi connectivity index (χ0n) is 18.9. The Kier molecular flexibility index (Phi) is 7.04. The van der Waals surface area contributed by atoms with Gasteiger partial charge < -0.3 is 15.3 Å². The van der Waals surface area contributed by atoms with E-state index in [-0.39, 0.29) is 17.5 Å². The van der Waals surface area contributed by atoms with Gasteiger partial charge in [-0.1, -0.05) is 96.2 Å². The molecule has 0 saturated heterocycles. The van der Waals surface area contributed by atoms with E-state index in [0.717, 1.165) is 16.7 Å². The van der Waals surface area contributed by atoms with Crippen LogP contribution in [0.4, 0.5) is 5.13 Å². The van der Waals surface area contributed by atoms with Crippen molar-refractivity contribution in [2.24, 2.45) is 5.16 Å². The molecule has 1 heterocycles. The van der Waals surface area contributed by atoms with Crippen LogP contribution < -0.4 is 5.32 Å². The molecule has 0 amide bonds. The van der Waals surface area contributed by atoms with Crippen molar-refractivity contribution in [3.63, 3.8) is 0 Å². The quantitative estimate of drug-likeness (QED) is 0.184. The van der Waals surface area contributed by atoms with Gasteiger partial charge in [0.05, 0.1) is 0 Å². The molecule has 0 spiro atoms. The number of oxime groups is 1. The molecule has 0 fully saturated rings. The van der Waals surface area contributed by atoms with Gasteiger partial charge in [-0.3, -0.25) is 0 Å². The second kappa shape index (κ2) is 10.3. The number of anilines is 1. The van der Waals surface area contributed by atoms with Crippen LogP contribution in [0.2, 0.25) is 0 Å². The Morgan fingerprint density at radius 2 is 1.38 bits per heavy atom. The van der Waals surface area contributed by atoms with Gasteiger partial charge in [-0.05, 0) is 30.5 Å². The Labute approximate surface area is 202 Å². The first-order valence-electron chi connectivity index (χ1n) is 10.9. The molecule has 0 unspecified atom stereocenters. The number of carboxylic acids is 1. The number of nitrogens with zero attached hydrogens (tertiary/aromatic N) is 2. The number of carbonyl (C=O) groups is 1. The fraction of sp³-hybridized carbons (Fsp3) is 0.148. The summed E-state index contributed by atoms with van der Waals surface area (Å²) in [5, 5.41) is 19.3. The highest BCUT2D eigenvalue weighted by Gasteiger charge is 2.37. The first-order valence-corrected chi connectivity index (χ1v) is 11.8. The summed E-state index contributed by atoms with van der Waals surface area (Å²) >= 11 is 1.32. The second-order valence-corrected chi connectivity index (χ2v) is 8.77. The molecular weight excluding hydrogens is 446 g/mol. The van der Waals surface area contributed by atoms with E-state index in [1.54, 1.807) is 19.2 Å². The Bertz CT molecular complexity index is 1160. The van der Waals surface area contributed by atoms with Crippen molar-refractivity contribution in [2.75, 3.05) is 5.32 Å². The van der Waals surface area contributed by atoms with E-state index < -0.39 is 11.5 Å². The maximum Gasteiger partial charge on any atom is 0.360 e. The van der Waals surface area contributed by atoms with Gasteiger partial charge in [-0.25, -0.2) is 9.78 Å². The molecule has 4 rings (SSSR count). The molecule has 0 aliphatic rings. The lowest BCUT2D eigenvalue weighted by molar-refractivity contribution is -0.129. The molecule has 0 bridgehead atoms. The normalized spacial score (nSPS) is 11.9. The Hall–Kier alpha value is -3.97. The van der Waals surface area contributed by atoms with Crippen LogP contribution in [-0.4, -0.2) is 27.9 Å². The third-order valence-corrected chi connectivity index (χ3v) is 5.98. The van der Waals surface area contributed by atoms with Crippen molar-refractivity contribution in [1.29, 1.82) is 0 Å². The Morgan fingerprint density at radius 3 is 1.79 bits per heavy atom. The van der Waals surface area contributed by atoms with Crippen LogP contribution >= 0.6 is 11.3 Å². The first-order chi connectivity index (χ1) is 16.5. The Morgan fingerprint density at radius 1 is 0.912 bits per heavy atom. The number of hydrogen-bond donors (Lipinski definition) is 2. The number of thiazole rings is 1. The monoisotopic (exact) mass is 471 g/mol. The zero-order chi connectivity index (χ0) is 24.0. The molecule has 172 valence electrons. The fourth-order valence-electron chi connectivity index (χ4n) is 3.73. The SMILES string of the molecule is CC(C)ON=C(C(=O)O)c1csc(NC(c2ccccc2)(c2ccccc2)c2ccccc2)n1. The molecule has 0 radical (unpaired) electrons. The molecule has 0 aliphatic heterocycles. The predicted octanol–water partition coefficient (Wildman–Crippen LogP) is 5.76. The van der Waals surface area contributed by atoms with Gasteiger partial charge in [0.1, 0.15) is 17.3 Å². The average Bonchev–Trinajstić information content (AvgIpc) is 3.32. The van der Waals surface area contributed by atoms with Crippen LogP contribution in [0.1, 0.15) is 36.2 Å². The van der Waals surface area contributed by atoms with Crippen molar-refractivity contribution in [3.8, 4) is 0 Å². The molecular formula is C27H25N3O3S. The summed E-state index contributed by atoms with van der Waals surface area (Å²) in [7, 11) is 0. The summed E-state index contributed by atoms with van der Waals surface area (Å²) in [6.45, 7) is 3.57. The molecule has 4 aromatic rings.